The van der Waals surface area contributed by atoms with Crippen molar-refractivity contribution in [1.82, 2.24) is 5.32 Å². The summed E-state index contributed by atoms with van der Waals surface area (Å²) in [5.74, 6) is -1.46. The van der Waals surface area contributed by atoms with Gasteiger partial charge in [-0.2, -0.15) is 0 Å². The van der Waals surface area contributed by atoms with Crippen LogP contribution in [0.25, 0.3) is 0 Å². The highest BCUT2D eigenvalue weighted by atomic mass is 32.1. The highest BCUT2D eigenvalue weighted by Gasteiger charge is 2.05. The Morgan fingerprint density at radius 1 is 1.42 bits per heavy atom. The number of ether oxygens (including phenoxy) is 1. The van der Waals surface area contributed by atoms with Crippen LogP contribution >= 0.6 is 12.2 Å². The minimum Gasteiger partial charge on any atom is -0.469 e. The van der Waals surface area contributed by atoms with Crippen LogP contribution in [0.15, 0.2) is 18.2 Å². The maximum atomic E-state index is 13.3. The van der Waals surface area contributed by atoms with E-state index in [1.807, 2.05) is 0 Å². The standard InChI is InChI=1S/C12H14F2N2O2S/c1-18-11(17)3-2-6-15-12(19)16-10-7-8(13)4-5-9(10)14/h4-5,7H,2-3,6H2,1H3,(H2,15,16,19). The third-order valence-electron chi connectivity index (χ3n) is 2.25. The zero-order valence-corrected chi connectivity index (χ0v) is 11.2. The number of hydrogen-bond acceptors (Lipinski definition) is 3. The minimum absolute atomic E-state index is 0.0366. The molecule has 19 heavy (non-hydrogen) atoms. The van der Waals surface area contributed by atoms with E-state index in [-0.39, 0.29) is 23.2 Å². The second-order valence-corrected chi connectivity index (χ2v) is 4.09. The van der Waals surface area contributed by atoms with Gasteiger partial charge in [0.15, 0.2) is 5.11 Å². The molecule has 0 bridgehead atoms. The third kappa shape index (κ3) is 5.60. The van der Waals surface area contributed by atoms with Crippen molar-refractivity contribution in [3.63, 3.8) is 0 Å². The van der Waals surface area contributed by atoms with E-state index in [2.05, 4.69) is 15.4 Å². The van der Waals surface area contributed by atoms with E-state index in [9.17, 15) is 13.6 Å². The predicted octanol–water partition coefficient (Wildman–Crippen LogP) is 2.20. The maximum Gasteiger partial charge on any atom is 0.305 e. The average Bonchev–Trinajstić information content (AvgIpc) is 2.38. The lowest BCUT2D eigenvalue weighted by molar-refractivity contribution is -0.140. The van der Waals surface area contributed by atoms with Crippen LogP contribution in [-0.2, 0) is 9.53 Å². The van der Waals surface area contributed by atoms with Crippen molar-refractivity contribution in [3.05, 3.63) is 29.8 Å². The molecular weight excluding hydrogens is 274 g/mol. The summed E-state index contributed by atoms with van der Waals surface area (Å²) in [6, 6.07) is 3.04. The summed E-state index contributed by atoms with van der Waals surface area (Å²) in [7, 11) is 1.31. The lowest BCUT2D eigenvalue weighted by atomic mass is 10.3. The van der Waals surface area contributed by atoms with Crippen LogP contribution < -0.4 is 10.6 Å². The number of halogens is 2. The van der Waals surface area contributed by atoms with Gasteiger partial charge in [-0.3, -0.25) is 4.79 Å². The SMILES string of the molecule is COC(=O)CCCNC(=S)Nc1cc(F)ccc1F. The summed E-state index contributed by atoms with van der Waals surface area (Å²) >= 11 is 4.92. The molecule has 0 heterocycles. The van der Waals surface area contributed by atoms with E-state index >= 15 is 0 Å². The fourth-order valence-electron chi connectivity index (χ4n) is 1.30. The highest BCUT2D eigenvalue weighted by molar-refractivity contribution is 7.80. The zero-order chi connectivity index (χ0) is 14.3. The molecule has 7 heteroatoms. The van der Waals surface area contributed by atoms with E-state index in [1.54, 1.807) is 0 Å². The van der Waals surface area contributed by atoms with Crippen LogP contribution in [0, 0.1) is 11.6 Å². The van der Waals surface area contributed by atoms with E-state index in [4.69, 9.17) is 12.2 Å². The Kier molecular flexibility index (Phi) is 6.14. The molecule has 0 radical (unpaired) electrons. The first kappa shape index (κ1) is 15.3. The molecule has 4 nitrogen and oxygen atoms in total. The van der Waals surface area contributed by atoms with Crippen LogP contribution in [0.3, 0.4) is 0 Å². The predicted molar refractivity (Wildman–Crippen MR) is 71.8 cm³/mol. The molecule has 0 aromatic heterocycles. The fraction of sp³-hybridized carbons (Fsp3) is 0.333. The highest BCUT2D eigenvalue weighted by Crippen LogP contribution is 2.14. The summed E-state index contributed by atoms with van der Waals surface area (Å²) in [4.78, 5) is 10.8. The maximum absolute atomic E-state index is 13.3. The van der Waals surface area contributed by atoms with E-state index in [0.29, 0.717) is 13.0 Å². The van der Waals surface area contributed by atoms with Crippen molar-refractivity contribution in [2.24, 2.45) is 0 Å². The number of thiocarbonyl (C=S) groups is 1. The summed E-state index contributed by atoms with van der Waals surface area (Å²) in [6.45, 7) is 0.428. The number of benzene rings is 1. The molecule has 0 aliphatic heterocycles. The molecule has 1 aromatic rings. The third-order valence-corrected chi connectivity index (χ3v) is 2.49. The van der Waals surface area contributed by atoms with Gasteiger partial charge in [0.2, 0.25) is 0 Å². The van der Waals surface area contributed by atoms with Gasteiger partial charge in [0.25, 0.3) is 0 Å². The molecule has 0 unspecified atom stereocenters. The first-order valence-electron chi connectivity index (χ1n) is 5.59. The molecule has 0 fully saturated rings. The number of carbonyl (C=O) groups is 1. The monoisotopic (exact) mass is 288 g/mol. The number of esters is 1. The number of hydrogen-bond donors (Lipinski definition) is 2. The molecule has 0 amide bonds. The molecule has 1 aromatic carbocycles. The molecule has 1 rings (SSSR count). The average molecular weight is 288 g/mol. The molecule has 0 saturated heterocycles. The largest absolute Gasteiger partial charge is 0.469 e. The Balaban J connectivity index is 2.35. The Hall–Kier alpha value is -1.76. The van der Waals surface area contributed by atoms with Gasteiger partial charge >= 0.3 is 5.97 Å². The lowest BCUT2D eigenvalue weighted by Gasteiger charge is -2.10. The van der Waals surface area contributed by atoms with Gasteiger partial charge < -0.3 is 15.4 Å². The Bertz CT molecular complexity index is 469. The van der Waals surface area contributed by atoms with Crippen molar-refractivity contribution in [3.8, 4) is 0 Å². The first-order valence-corrected chi connectivity index (χ1v) is 6.00. The van der Waals surface area contributed by atoms with Crippen LogP contribution in [-0.4, -0.2) is 24.7 Å². The number of methoxy groups -OCH3 is 1. The van der Waals surface area contributed by atoms with Gasteiger partial charge in [-0.15, -0.1) is 0 Å². The van der Waals surface area contributed by atoms with Gasteiger partial charge in [-0.05, 0) is 30.8 Å². The van der Waals surface area contributed by atoms with Crippen molar-refractivity contribution in [2.75, 3.05) is 19.0 Å². The topological polar surface area (TPSA) is 50.4 Å². The van der Waals surface area contributed by atoms with Crippen LogP contribution in [0.4, 0.5) is 14.5 Å². The van der Waals surface area contributed by atoms with Crippen LogP contribution in [0.5, 0.6) is 0 Å². The summed E-state index contributed by atoms with van der Waals surface area (Å²) in [5, 5.41) is 5.48. The number of anilines is 1. The molecular formula is C12H14F2N2O2S. The molecule has 0 saturated carbocycles. The van der Waals surface area contributed by atoms with Crippen molar-refractivity contribution < 1.29 is 18.3 Å². The number of carbonyl (C=O) groups excluding carboxylic acids is 1. The Labute approximate surface area is 115 Å². The Morgan fingerprint density at radius 2 is 2.16 bits per heavy atom. The molecule has 0 atom stereocenters. The van der Waals surface area contributed by atoms with Crippen LogP contribution in [0.1, 0.15) is 12.8 Å². The van der Waals surface area contributed by atoms with Gasteiger partial charge in [0.1, 0.15) is 11.6 Å². The Morgan fingerprint density at radius 3 is 2.84 bits per heavy atom. The summed E-state index contributed by atoms with van der Waals surface area (Å²) < 4.78 is 30.7. The lowest BCUT2D eigenvalue weighted by Crippen LogP contribution is -2.30. The quantitative estimate of drug-likeness (QED) is 0.494. The summed E-state index contributed by atoms with van der Waals surface area (Å²) in [5.41, 5.74) is -0.0366. The van der Waals surface area contributed by atoms with Gasteiger partial charge in [-0.25, -0.2) is 8.78 Å². The molecule has 2 N–H and O–H groups in total. The van der Waals surface area contributed by atoms with Crippen molar-refractivity contribution >= 4 is 29.0 Å². The van der Waals surface area contributed by atoms with Crippen molar-refractivity contribution in [1.29, 1.82) is 0 Å². The van der Waals surface area contributed by atoms with E-state index < -0.39 is 11.6 Å². The van der Waals surface area contributed by atoms with Gasteiger partial charge in [0.05, 0.1) is 12.8 Å². The second-order valence-electron chi connectivity index (χ2n) is 3.68. The molecule has 0 aliphatic rings. The molecule has 0 spiro atoms. The summed E-state index contributed by atoms with van der Waals surface area (Å²) in [6.07, 6.45) is 0.792. The van der Waals surface area contributed by atoms with Gasteiger partial charge in [-0.1, -0.05) is 0 Å². The zero-order valence-electron chi connectivity index (χ0n) is 10.3. The normalized spacial score (nSPS) is 9.84. The number of rotatable bonds is 5. The molecule has 0 aliphatic carbocycles. The van der Waals surface area contributed by atoms with Gasteiger partial charge in [0, 0.05) is 19.0 Å². The minimum atomic E-state index is -0.597. The van der Waals surface area contributed by atoms with E-state index in [0.717, 1.165) is 18.2 Å². The van der Waals surface area contributed by atoms with Crippen molar-refractivity contribution in [2.45, 2.75) is 12.8 Å². The first-order chi connectivity index (χ1) is 9.02. The second kappa shape index (κ2) is 7.63. The fourth-order valence-corrected chi connectivity index (χ4v) is 1.51. The molecule has 104 valence electrons. The van der Waals surface area contributed by atoms with E-state index in [1.165, 1.54) is 7.11 Å². The van der Waals surface area contributed by atoms with Crippen LogP contribution in [0.2, 0.25) is 0 Å². The number of nitrogens with one attached hydrogen (secondary N) is 2. The smallest absolute Gasteiger partial charge is 0.305 e.